The van der Waals surface area contributed by atoms with Gasteiger partial charge < -0.3 is 9.47 Å². The smallest absolute Gasteiger partial charge is 0.311 e. The quantitative estimate of drug-likeness (QED) is 0.615. The molecular weight excluding hydrogens is 287 g/mol. The maximum absolute atomic E-state index is 13.3. The molecule has 0 N–H and O–H groups in total. The first-order chi connectivity index (χ1) is 10.5. The molecule has 1 fully saturated rings. The average molecular weight is 308 g/mol. The summed E-state index contributed by atoms with van der Waals surface area (Å²) in [6.45, 7) is 2.19. The molecule has 22 heavy (non-hydrogen) atoms. The maximum atomic E-state index is 13.3. The fraction of sp³-hybridized carbons (Fsp3) is 0.529. The molecule has 0 heterocycles. The van der Waals surface area contributed by atoms with E-state index in [0.29, 0.717) is 5.92 Å². The number of carbonyl (C=O) groups is 2. The lowest BCUT2D eigenvalue weighted by atomic mass is 9.89. The van der Waals surface area contributed by atoms with Crippen molar-refractivity contribution in [1.82, 2.24) is 0 Å². The van der Waals surface area contributed by atoms with Crippen LogP contribution >= 0.6 is 0 Å². The largest absolute Gasteiger partial charge is 0.462 e. The van der Waals surface area contributed by atoms with E-state index < -0.39 is 17.8 Å². The molecule has 1 aliphatic carbocycles. The van der Waals surface area contributed by atoms with Crippen molar-refractivity contribution in [3.63, 3.8) is 0 Å². The van der Waals surface area contributed by atoms with Gasteiger partial charge in [0, 0.05) is 0 Å². The SMILES string of the molecule is CC1CCC(OC(=O)CCC(=O)Oc2ccccc2F)CC1. The fourth-order valence-corrected chi connectivity index (χ4v) is 2.50. The minimum absolute atomic E-state index is 0.0358. The Bertz CT molecular complexity index is 521. The lowest BCUT2D eigenvalue weighted by molar-refractivity contribution is -0.153. The predicted molar refractivity (Wildman–Crippen MR) is 78.8 cm³/mol. The highest BCUT2D eigenvalue weighted by Crippen LogP contribution is 2.25. The first-order valence-corrected chi connectivity index (χ1v) is 7.69. The zero-order valence-electron chi connectivity index (χ0n) is 12.7. The lowest BCUT2D eigenvalue weighted by Crippen LogP contribution is -2.24. The molecule has 0 saturated heterocycles. The molecule has 0 atom stereocenters. The van der Waals surface area contributed by atoms with Gasteiger partial charge in [0.25, 0.3) is 0 Å². The molecule has 0 aliphatic heterocycles. The molecular formula is C17H21FO4. The van der Waals surface area contributed by atoms with Crippen LogP contribution in [0.4, 0.5) is 4.39 Å². The third kappa shape index (κ3) is 5.13. The zero-order chi connectivity index (χ0) is 15.9. The lowest BCUT2D eigenvalue weighted by Gasteiger charge is -2.25. The van der Waals surface area contributed by atoms with Gasteiger partial charge in [-0.1, -0.05) is 19.1 Å². The Morgan fingerprint density at radius 1 is 1.09 bits per heavy atom. The third-order valence-electron chi connectivity index (χ3n) is 3.85. The van der Waals surface area contributed by atoms with Crippen LogP contribution in [-0.2, 0) is 14.3 Å². The topological polar surface area (TPSA) is 52.6 Å². The maximum Gasteiger partial charge on any atom is 0.311 e. The van der Waals surface area contributed by atoms with Crippen LogP contribution in [0.3, 0.4) is 0 Å². The molecule has 0 bridgehead atoms. The Balaban J connectivity index is 1.70. The Labute approximate surface area is 129 Å². The van der Waals surface area contributed by atoms with Gasteiger partial charge in [-0.2, -0.15) is 0 Å². The van der Waals surface area contributed by atoms with E-state index in [2.05, 4.69) is 6.92 Å². The Morgan fingerprint density at radius 3 is 2.41 bits per heavy atom. The molecule has 1 aliphatic rings. The van der Waals surface area contributed by atoms with Crippen molar-refractivity contribution in [3.8, 4) is 5.75 Å². The summed E-state index contributed by atoms with van der Waals surface area (Å²) in [6.07, 6.45) is 3.70. The third-order valence-corrected chi connectivity index (χ3v) is 3.85. The van der Waals surface area contributed by atoms with E-state index in [1.54, 1.807) is 6.07 Å². The van der Waals surface area contributed by atoms with Crippen LogP contribution in [0.1, 0.15) is 45.4 Å². The van der Waals surface area contributed by atoms with E-state index in [1.807, 2.05) is 0 Å². The summed E-state index contributed by atoms with van der Waals surface area (Å²) in [5, 5.41) is 0. The van der Waals surface area contributed by atoms with Crippen LogP contribution in [0.5, 0.6) is 5.75 Å². The van der Waals surface area contributed by atoms with Gasteiger partial charge in [-0.05, 0) is 43.7 Å². The Hall–Kier alpha value is -1.91. The van der Waals surface area contributed by atoms with Crippen molar-refractivity contribution in [2.45, 2.75) is 51.6 Å². The van der Waals surface area contributed by atoms with E-state index in [-0.39, 0.29) is 24.7 Å². The second-order valence-corrected chi connectivity index (χ2v) is 5.78. The molecule has 2 rings (SSSR count). The summed E-state index contributed by atoms with van der Waals surface area (Å²) >= 11 is 0. The van der Waals surface area contributed by atoms with Gasteiger partial charge in [0.2, 0.25) is 0 Å². The van der Waals surface area contributed by atoms with E-state index in [1.165, 1.54) is 18.2 Å². The summed E-state index contributed by atoms with van der Waals surface area (Å²) in [5.74, 6) is -1.08. The second-order valence-electron chi connectivity index (χ2n) is 5.78. The van der Waals surface area contributed by atoms with Crippen LogP contribution in [0, 0.1) is 11.7 Å². The number of carbonyl (C=O) groups excluding carboxylic acids is 2. The van der Waals surface area contributed by atoms with Crippen molar-refractivity contribution in [2.75, 3.05) is 0 Å². The van der Waals surface area contributed by atoms with Crippen LogP contribution < -0.4 is 4.74 Å². The normalized spacial score (nSPS) is 21.2. The highest BCUT2D eigenvalue weighted by atomic mass is 19.1. The summed E-state index contributed by atoms with van der Waals surface area (Å²) in [4.78, 5) is 23.3. The van der Waals surface area contributed by atoms with Gasteiger partial charge in [-0.25, -0.2) is 4.39 Å². The van der Waals surface area contributed by atoms with Crippen LogP contribution in [-0.4, -0.2) is 18.0 Å². The van der Waals surface area contributed by atoms with Crippen molar-refractivity contribution < 1.29 is 23.5 Å². The van der Waals surface area contributed by atoms with Crippen LogP contribution in [0.2, 0.25) is 0 Å². The van der Waals surface area contributed by atoms with E-state index in [4.69, 9.17) is 9.47 Å². The summed E-state index contributed by atoms with van der Waals surface area (Å²) in [6, 6.07) is 5.66. The van der Waals surface area contributed by atoms with Crippen LogP contribution in [0.15, 0.2) is 24.3 Å². The van der Waals surface area contributed by atoms with Gasteiger partial charge in [-0.15, -0.1) is 0 Å². The molecule has 120 valence electrons. The summed E-state index contributed by atoms with van der Waals surface area (Å²) < 4.78 is 23.5. The Kier molecular flexibility index (Phi) is 5.92. The van der Waals surface area contributed by atoms with E-state index in [9.17, 15) is 14.0 Å². The number of ether oxygens (including phenoxy) is 2. The number of rotatable bonds is 5. The fourth-order valence-electron chi connectivity index (χ4n) is 2.50. The zero-order valence-corrected chi connectivity index (χ0v) is 12.7. The van der Waals surface area contributed by atoms with Gasteiger partial charge in [0.05, 0.1) is 12.8 Å². The molecule has 0 unspecified atom stereocenters. The molecule has 1 aromatic carbocycles. The molecule has 0 aromatic heterocycles. The molecule has 0 amide bonds. The minimum atomic E-state index is -0.640. The van der Waals surface area contributed by atoms with Gasteiger partial charge in [0.1, 0.15) is 6.10 Å². The monoisotopic (exact) mass is 308 g/mol. The summed E-state index contributed by atoms with van der Waals surface area (Å²) in [7, 11) is 0. The van der Waals surface area contributed by atoms with E-state index in [0.717, 1.165) is 25.7 Å². The number of benzene rings is 1. The van der Waals surface area contributed by atoms with Crippen molar-refractivity contribution in [1.29, 1.82) is 0 Å². The molecule has 4 nitrogen and oxygen atoms in total. The average Bonchev–Trinajstić information content (AvgIpc) is 2.50. The van der Waals surface area contributed by atoms with Gasteiger partial charge in [-0.3, -0.25) is 9.59 Å². The Morgan fingerprint density at radius 2 is 1.73 bits per heavy atom. The first-order valence-electron chi connectivity index (χ1n) is 7.69. The van der Waals surface area contributed by atoms with Crippen molar-refractivity contribution in [3.05, 3.63) is 30.1 Å². The molecule has 1 aromatic rings. The number of halogens is 1. The first kappa shape index (κ1) is 16.5. The second kappa shape index (κ2) is 7.92. The van der Waals surface area contributed by atoms with Gasteiger partial charge in [0.15, 0.2) is 11.6 Å². The van der Waals surface area contributed by atoms with E-state index >= 15 is 0 Å². The number of hydrogen-bond acceptors (Lipinski definition) is 4. The standard InChI is InChI=1S/C17H21FO4/c1-12-6-8-13(9-7-12)21-16(19)10-11-17(20)22-15-5-3-2-4-14(15)18/h2-5,12-13H,6-11H2,1H3. The van der Waals surface area contributed by atoms with Gasteiger partial charge >= 0.3 is 11.9 Å². The predicted octanol–water partition coefficient (Wildman–Crippen LogP) is 3.63. The highest BCUT2D eigenvalue weighted by molar-refractivity contribution is 5.79. The van der Waals surface area contributed by atoms with Crippen LogP contribution in [0.25, 0.3) is 0 Å². The van der Waals surface area contributed by atoms with Crippen molar-refractivity contribution >= 4 is 11.9 Å². The van der Waals surface area contributed by atoms with Crippen molar-refractivity contribution in [2.24, 2.45) is 5.92 Å². The summed E-state index contributed by atoms with van der Waals surface area (Å²) in [5.41, 5.74) is 0. The molecule has 1 saturated carbocycles. The number of para-hydroxylation sites is 1. The number of esters is 2. The molecule has 0 radical (unpaired) electrons. The highest BCUT2D eigenvalue weighted by Gasteiger charge is 2.22. The minimum Gasteiger partial charge on any atom is -0.462 e. The molecule has 5 heteroatoms. The number of hydrogen-bond donors (Lipinski definition) is 0. The molecule has 0 spiro atoms.